The van der Waals surface area contributed by atoms with Crippen molar-refractivity contribution in [2.45, 2.75) is 31.4 Å². The molecule has 0 amide bonds. The Kier molecular flexibility index (Phi) is 5.99. The number of nitrogens with zero attached hydrogens (tertiary/aromatic N) is 3. The number of halogens is 3. The Morgan fingerprint density at radius 3 is 2.58 bits per heavy atom. The number of carboxylic acid groups (broad SMARTS) is 1. The highest BCUT2D eigenvalue weighted by Crippen LogP contribution is 2.41. The summed E-state index contributed by atoms with van der Waals surface area (Å²) in [6, 6.07) is 12.8. The van der Waals surface area contributed by atoms with Crippen molar-refractivity contribution in [2.75, 3.05) is 0 Å². The normalized spacial score (nSPS) is 14.5. The first-order chi connectivity index (χ1) is 14.9. The van der Waals surface area contributed by atoms with Gasteiger partial charge in [0.2, 0.25) is 0 Å². The summed E-state index contributed by atoms with van der Waals surface area (Å²) in [7, 11) is 0. The minimum absolute atomic E-state index is 0.0891. The molecule has 1 saturated carbocycles. The third kappa shape index (κ3) is 4.16. The van der Waals surface area contributed by atoms with Crippen molar-refractivity contribution < 1.29 is 19.0 Å². The second-order valence-corrected chi connectivity index (χ2v) is 8.30. The lowest BCUT2D eigenvalue weighted by Crippen LogP contribution is -2.24. The summed E-state index contributed by atoms with van der Waals surface area (Å²) in [6.07, 6.45) is 1.94. The molecule has 1 fully saturated rings. The maximum atomic E-state index is 13.6. The number of carboxylic acids is 1. The van der Waals surface area contributed by atoms with E-state index in [9.17, 15) is 14.3 Å². The van der Waals surface area contributed by atoms with Crippen molar-refractivity contribution in [3.8, 4) is 11.8 Å². The number of imidazole rings is 1. The first-order valence-corrected chi connectivity index (χ1v) is 10.7. The monoisotopic (exact) mass is 503 g/mol. The molecule has 1 N–H and O–H groups in total. The molecule has 0 aliphatic heterocycles. The number of hydrogen-bond acceptors (Lipinski definition) is 4. The molecule has 1 aromatic heterocycles. The summed E-state index contributed by atoms with van der Waals surface area (Å²) in [4.78, 5) is 16.3. The molecule has 1 heterocycles. The van der Waals surface area contributed by atoms with E-state index in [4.69, 9.17) is 21.6 Å². The van der Waals surface area contributed by atoms with E-state index in [1.807, 2.05) is 4.57 Å². The van der Waals surface area contributed by atoms with E-state index in [1.165, 1.54) is 18.2 Å². The van der Waals surface area contributed by atoms with Crippen molar-refractivity contribution in [1.29, 1.82) is 5.26 Å². The van der Waals surface area contributed by atoms with Gasteiger partial charge in [0.25, 0.3) is 0 Å². The van der Waals surface area contributed by atoms with Gasteiger partial charge in [-0.1, -0.05) is 23.7 Å². The molecule has 1 atom stereocenters. The molecule has 2 aromatic carbocycles. The Labute approximate surface area is 191 Å². The zero-order valence-corrected chi connectivity index (χ0v) is 18.4. The van der Waals surface area contributed by atoms with Gasteiger partial charge in [-0.2, -0.15) is 5.26 Å². The van der Waals surface area contributed by atoms with Gasteiger partial charge >= 0.3 is 5.97 Å². The highest BCUT2D eigenvalue weighted by atomic mass is 79.9. The lowest BCUT2D eigenvalue weighted by Gasteiger charge is -2.31. The molecule has 0 saturated heterocycles. The van der Waals surface area contributed by atoms with Crippen molar-refractivity contribution in [2.24, 2.45) is 0 Å². The average Bonchev–Trinajstić information content (AvgIpc) is 3.05. The van der Waals surface area contributed by atoms with Crippen LogP contribution in [0.4, 0.5) is 4.39 Å². The van der Waals surface area contributed by atoms with Gasteiger partial charge in [-0.3, -0.25) is 0 Å². The average molecular weight is 505 g/mol. The molecule has 1 aliphatic carbocycles. The summed E-state index contributed by atoms with van der Waals surface area (Å²) in [5.41, 5.74) is 1.31. The summed E-state index contributed by atoms with van der Waals surface area (Å²) in [5, 5.41) is 18.8. The first kappa shape index (κ1) is 21.3. The van der Waals surface area contributed by atoms with Gasteiger partial charge in [-0.15, -0.1) is 0 Å². The van der Waals surface area contributed by atoms with Crippen molar-refractivity contribution >= 4 is 33.5 Å². The minimum Gasteiger partial charge on any atom is -0.479 e. The van der Waals surface area contributed by atoms with Gasteiger partial charge < -0.3 is 14.4 Å². The van der Waals surface area contributed by atoms with E-state index in [0.29, 0.717) is 21.6 Å². The molecule has 4 rings (SSSR count). The number of nitriles is 1. The first-order valence-electron chi connectivity index (χ1n) is 9.51. The molecule has 3 aromatic rings. The van der Waals surface area contributed by atoms with Crippen LogP contribution in [-0.4, -0.2) is 20.6 Å². The van der Waals surface area contributed by atoms with Crippen LogP contribution in [0.1, 0.15) is 58.7 Å². The predicted octanol–water partition coefficient (Wildman–Crippen LogP) is 5.90. The second kappa shape index (κ2) is 8.69. The van der Waals surface area contributed by atoms with E-state index < -0.39 is 17.9 Å². The molecule has 31 heavy (non-hydrogen) atoms. The van der Waals surface area contributed by atoms with Gasteiger partial charge in [0.1, 0.15) is 11.6 Å². The topological polar surface area (TPSA) is 88.1 Å². The van der Waals surface area contributed by atoms with Crippen molar-refractivity contribution in [1.82, 2.24) is 9.55 Å². The highest BCUT2D eigenvalue weighted by Gasteiger charge is 2.35. The van der Waals surface area contributed by atoms with E-state index in [-0.39, 0.29) is 22.5 Å². The molecule has 0 spiro atoms. The molecule has 9 heteroatoms. The van der Waals surface area contributed by atoms with Gasteiger partial charge in [0.15, 0.2) is 16.5 Å². The van der Waals surface area contributed by atoms with E-state index in [2.05, 4.69) is 27.0 Å². The third-order valence-corrected chi connectivity index (χ3v) is 6.13. The number of carbonyl (C=O) groups is 1. The Balaban J connectivity index is 1.88. The number of hydrogen-bond donors (Lipinski definition) is 1. The van der Waals surface area contributed by atoms with Gasteiger partial charge in [0.05, 0.1) is 22.3 Å². The van der Waals surface area contributed by atoms with Crippen LogP contribution in [0.25, 0.3) is 0 Å². The Morgan fingerprint density at radius 1 is 1.32 bits per heavy atom. The highest BCUT2D eigenvalue weighted by molar-refractivity contribution is 9.10. The molecule has 1 unspecified atom stereocenters. The lowest BCUT2D eigenvalue weighted by molar-refractivity contribution is 0.0685. The van der Waals surface area contributed by atoms with Crippen molar-refractivity contribution in [3.63, 3.8) is 0 Å². The van der Waals surface area contributed by atoms with E-state index in [1.54, 1.807) is 24.3 Å². The standard InChI is InChI=1S/C22H16BrClFN3O3/c23-22-27-18(21(29)30)19(28(22)14-2-1-3-14)20(13-6-4-12(11-26)5-7-13)31-15-8-9-17(25)16(24)10-15/h4-10,14,20H,1-3H2,(H,29,30). The zero-order valence-electron chi connectivity index (χ0n) is 16.1. The second-order valence-electron chi connectivity index (χ2n) is 7.18. The smallest absolute Gasteiger partial charge is 0.356 e. The van der Waals surface area contributed by atoms with Crippen molar-refractivity contribution in [3.05, 3.63) is 80.6 Å². The van der Waals surface area contributed by atoms with Crippen LogP contribution in [0.3, 0.4) is 0 Å². The molecule has 6 nitrogen and oxygen atoms in total. The lowest BCUT2D eigenvalue weighted by atomic mass is 9.92. The molecular weight excluding hydrogens is 489 g/mol. The van der Waals surface area contributed by atoms with Crippen LogP contribution in [-0.2, 0) is 0 Å². The largest absolute Gasteiger partial charge is 0.479 e. The summed E-state index contributed by atoms with van der Waals surface area (Å²) in [6.45, 7) is 0. The van der Waals surface area contributed by atoms with E-state index in [0.717, 1.165) is 19.3 Å². The van der Waals surface area contributed by atoms with Gasteiger partial charge in [-0.05, 0) is 65.0 Å². The molecular formula is C22H16BrClFN3O3. The Morgan fingerprint density at radius 2 is 2.03 bits per heavy atom. The fraction of sp³-hybridized carbons (Fsp3) is 0.227. The Bertz CT molecular complexity index is 1190. The van der Waals surface area contributed by atoms with Crippen LogP contribution in [0.15, 0.2) is 47.2 Å². The minimum atomic E-state index is -1.19. The number of aromatic nitrogens is 2. The van der Waals surface area contributed by atoms with Gasteiger partial charge in [0, 0.05) is 12.1 Å². The van der Waals surface area contributed by atoms with Crippen LogP contribution in [0, 0.1) is 17.1 Å². The summed E-state index contributed by atoms with van der Waals surface area (Å²) >= 11 is 9.32. The third-order valence-electron chi connectivity index (χ3n) is 5.28. The van der Waals surface area contributed by atoms with Crippen LogP contribution in [0.2, 0.25) is 5.02 Å². The number of rotatable bonds is 6. The maximum Gasteiger partial charge on any atom is 0.356 e. The van der Waals surface area contributed by atoms with E-state index >= 15 is 0 Å². The van der Waals surface area contributed by atoms with Crippen LogP contribution < -0.4 is 4.74 Å². The SMILES string of the molecule is N#Cc1ccc(C(Oc2ccc(F)c(Cl)c2)c2c(C(=O)O)nc(Br)n2C2CCC2)cc1. The van der Waals surface area contributed by atoms with Gasteiger partial charge in [-0.25, -0.2) is 14.2 Å². The number of aromatic carboxylic acids is 1. The number of benzene rings is 2. The quantitative estimate of drug-likeness (QED) is 0.451. The number of ether oxygens (including phenoxy) is 1. The fourth-order valence-corrected chi connectivity index (χ4v) is 4.35. The Hall–Kier alpha value is -2.89. The molecule has 1 aliphatic rings. The maximum absolute atomic E-state index is 13.6. The molecule has 0 radical (unpaired) electrons. The fourth-order valence-electron chi connectivity index (χ4n) is 3.52. The zero-order chi connectivity index (χ0) is 22.1. The molecule has 0 bridgehead atoms. The van der Waals surface area contributed by atoms with Crippen LogP contribution >= 0.6 is 27.5 Å². The van der Waals surface area contributed by atoms with Crippen LogP contribution in [0.5, 0.6) is 5.75 Å². The summed E-state index contributed by atoms with van der Waals surface area (Å²) < 4.78 is 22.1. The summed E-state index contributed by atoms with van der Waals surface area (Å²) in [5.74, 6) is -1.50. The predicted molar refractivity (Wildman–Crippen MR) is 115 cm³/mol. The molecule has 158 valence electrons.